The molecular formula is C26H22FNO6. The van der Waals surface area contributed by atoms with Gasteiger partial charge in [-0.15, -0.1) is 0 Å². The second-order valence-corrected chi connectivity index (χ2v) is 7.48. The molecule has 34 heavy (non-hydrogen) atoms. The molecule has 0 radical (unpaired) electrons. The monoisotopic (exact) mass is 463 g/mol. The third-order valence-corrected chi connectivity index (χ3v) is 5.64. The standard InChI is InChI=1S/C26H22FNO6/c1-32-18-10-4-15(5-11-18)23-22(24(29)20-13-12-19(33-2)14-21(20)34-3)25(30)26(31)28(23)17-8-6-16(27)7-9-17/h4-14,23,29H,1-3H3/b24-22-. The van der Waals surface area contributed by atoms with Gasteiger partial charge in [-0.2, -0.15) is 0 Å². The van der Waals surface area contributed by atoms with Gasteiger partial charge in [-0.05, 0) is 54.1 Å². The molecule has 0 spiro atoms. The highest BCUT2D eigenvalue weighted by Crippen LogP contribution is 2.44. The Morgan fingerprint density at radius 1 is 0.853 bits per heavy atom. The Bertz CT molecular complexity index is 1270. The van der Waals surface area contributed by atoms with Crippen LogP contribution in [0.25, 0.3) is 5.76 Å². The second kappa shape index (κ2) is 9.27. The maximum Gasteiger partial charge on any atom is 0.300 e. The summed E-state index contributed by atoms with van der Waals surface area (Å²) in [5.41, 5.74) is 0.963. The maximum atomic E-state index is 13.6. The molecule has 0 aromatic heterocycles. The smallest absolute Gasteiger partial charge is 0.300 e. The largest absolute Gasteiger partial charge is 0.507 e. The Morgan fingerprint density at radius 2 is 1.47 bits per heavy atom. The summed E-state index contributed by atoms with van der Waals surface area (Å²) in [6, 6.07) is 15.7. The molecule has 1 fully saturated rings. The lowest BCUT2D eigenvalue weighted by Gasteiger charge is -2.25. The number of hydrogen-bond acceptors (Lipinski definition) is 6. The SMILES string of the molecule is COc1ccc(C2/C(=C(/O)c3ccc(OC)cc3OC)C(=O)C(=O)N2c2ccc(F)cc2)cc1. The summed E-state index contributed by atoms with van der Waals surface area (Å²) in [7, 11) is 4.44. The first-order valence-corrected chi connectivity index (χ1v) is 10.3. The van der Waals surface area contributed by atoms with Crippen LogP contribution in [0, 0.1) is 5.82 Å². The van der Waals surface area contributed by atoms with Gasteiger partial charge in [-0.3, -0.25) is 14.5 Å². The lowest BCUT2D eigenvalue weighted by molar-refractivity contribution is -0.132. The quantitative estimate of drug-likeness (QED) is 0.330. The minimum Gasteiger partial charge on any atom is -0.507 e. The number of aliphatic hydroxyl groups excluding tert-OH is 1. The van der Waals surface area contributed by atoms with Crippen LogP contribution in [-0.4, -0.2) is 38.1 Å². The number of hydrogen-bond donors (Lipinski definition) is 1. The van der Waals surface area contributed by atoms with Crippen molar-refractivity contribution < 1.29 is 33.3 Å². The molecule has 1 saturated heterocycles. The number of amides is 1. The number of carbonyl (C=O) groups is 2. The molecule has 0 saturated carbocycles. The van der Waals surface area contributed by atoms with Gasteiger partial charge < -0.3 is 19.3 Å². The summed E-state index contributed by atoms with van der Waals surface area (Å²) in [5, 5.41) is 11.3. The average Bonchev–Trinajstić information content (AvgIpc) is 3.14. The van der Waals surface area contributed by atoms with Crippen LogP contribution < -0.4 is 19.1 Å². The Labute approximate surface area is 195 Å². The molecule has 0 bridgehead atoms. The summed E-state index contributed by atoms with van der Waals surface area (Å²) < 4.78 is 29.4. The summed E-state index contributed by atoms with van der Waals surface area (Å²) in [6.07, 6.45) is 0. The predicted molar refractivity (Wildman–Crippen MR) is 124 cm³/mol. The van der Waals surface area contributed by atoms with Crippen molar-refractivity contribution in [3.05, 3.63) is 89.2 Å². The van der Waals surface area contributed by atoms with E-state index in [1.165, 1.54) is 50.5 Å². The number of ketones is 1. The summed E-state index contributed by atoms with van der Waals surface area (Å²) in [4.78, 5) is 27.6. The zero-order chi connectivity index (χ0) is 24.4. The molecule has 1 unspecified atom stereocenters. The van der Waals surface area contributed by atoms with Gasteiger partial charge in [-0.1, -0.05) is 12.1 Å². The fourth-order valence-corrected chi connectivity index (χ4v) is 3.94. The number of benzene rings is 3. The molecule has 8 heteroatoms. The van der Waals surface area contributed by atoms with Gasteiger partial charge in [0.25, 0.3) is 11.7 Å². The molecule has 1 aliphatic rings. The molecule has 7 nitrogen and oxygen atoms in total. The third kappa shape index (κ3) is 3.94. The van der Waals surface area contributed by atoms with E-state index in [4.69, 9.17) is 14.2 Å². The van der Waals surface area contributed by atoms with E-state index >= 15 is 0 Å². The number of anilines is 1. The van der Waals surface area contributed by atoms with Gasteiger partial charge >= 0.3 is 0 Å². The van der Waals surface area contributed by atoms with Crippen LogP contribution in [0.5, 0.6) is 17.2 Å². The lowest BCUT2D eigenvalue weighted by atomic mass is 9.94. The first-order valence-electron chi connectivity index (χ1n) is 10.3. The van der Waals surface area contributed by atoms with Crippen LogP contribution in [-0.2, 0) is 9.59 Å². The number of methoxy groups -OCH3 is 3. The number of halogens is 1. The molecule has 1 heterocycles. The van der Waals surface area contributed by atoms with Crippen LogP contribution in [0.1, 0.15) is 17.2 Å². The fraction of sp³-hybridized carbons (Fsp3) is 0.154. The molecule has 4 rings (SSSR count). The molecule has 1 atom stereocenters. The topological polar surface area (TPSA) is 85.3 Å². The van der Waals surface area contributed by atoms with Crippen molar-refractivity contribution >= 4 is 23.1 Å². The van der Waals surface area contributed by atoms with Crippen molar-refractivity contribution in [3.63, 3.8) is 0 Å². The van der Waals surface area contributed by atoms with E-state index in [0.29, 0.717) is 22.7 Å². The highest BCUT2D eigenvalue weighted by molar-refractivity contribution is 6.51. The van der Waals surface area contributed by atoms with Crippen LogP contribution in [0.15, 0.2) is 72.3 Å². The van der Waals surface area contributed by atoms with Crippen molar-refractivity contribution in [1.29, 1.82) is 0 Å². The zero-order valence-corrected chi connectivity index (χ0v) is 18.7. The van der Waals surface area contributed by atoms with Crippen molar-refractivity contribution in [2.45, 2.75) is 6.04 Å². The van der Waals surface area contributed by atoms with Gasteiger partial charge in [0.15, 0.2) is 0 Å². The third-order valence-electron chi connectivity index (χ3n) is 5.64. The summed E-state index contributed by atoms with van der Waals surface area (Å²) in [6.45, 7) is 0. The second-order valence-electron chi connectivity index (χ2n) is 7.48. The maximum absolute atomic E-state index is 13.6. The number of ether oxygens (including phenoxy) is 3. The number of rotatable bonds is 6. The van der Waals surface area contributed by atoms with Gasteiger partial charge in [0.05, 0.1) is 38.5 Å². The van der Waals surface area contributed by atoms with Crippen molar-refractivity contribution in [2.24, 2.45) is 0 Å². The van der Waals surface area contributed by atoms with E-state index in [0.717, 1.165) is 0 Å². The molecule has 1 amide bonds. The fourth-order valence-electron chi connectivity index (χ4n) is 3.94. The van der Waals surface area contributed by atoms with Crippen LogP contribution in [0.2, 0.25) is 0 Å². The Balaban J connectivity index is 1.94. The minimum atomic E-state index is -0.969. The van der Waals surface area contributed by atoms with Crippen molar-refractivity contribution in [2.75, 3.05) is 26.2 Å². The van der Waals surface area contributed by atoms with Crippen molar-refractivity contribution in [3.8, 4) is 17.2 Å². The van der Waals surface area contributed by atoms with Gasteiger partial charge in [0, 0.05) is 11.8 Å². The van der Waals surface area contributed by atoms with E-state index in [9.17, 15) is 19.1 Å². The number of aliphatic hydroxyl groups is 1. The highest BCUT2D eigenvalue weighted by Gasteiger charge is 2.47. The Hall–Kier alpha value is -4.33. The van der Waals surface area contributed by atoms with Gasteiger partial charge in [0.1, 0.15) is 28.8 Å². The molecular weight excluding hydrogens is 441 g/mol. The van der Waals surface area contributed by atoms with Crippen LogP contribution in [0.4, 0.5) is 10.1 Å². The zero-order valence-electron chi connectivity index (χ0n) is 18.7. The molecule has 1 N–H and O–H groups in total. The first-order chi connectivity index (χ1) is 16.4. The lowest BCUT2D eigenvalue weighted by Crippen LogP contribution is -2.29. The minimum absolute atomic E-state index is 0.122. The van der Waals surface area contributed by atoms with E-state index in [1.54, 1.807) is 42.5 Å². The van der Waals surface area contributed by atoms with E-state index in [-0.39, 0.29) is 16.9 Å². The molecule has 3 aromatic rings. The van der Waals surface area contributed by atoms with Gasteiger partial charge in [-0.25, -0.2) is 4.39 Å². The normalized spacial score (nSPS) is 17.1. The number of carbonyl (C=O) groups excluding carboxylic acids is 2. The number of nitrogens with zero attached hydrogens (tertiary/aromatic N) is 1. The highest BCUT2D eigenvalue weighted by atomic mass is 19.1. The number of Topliss-reactive ketones (excluding diaryl/α,β-unsaturated/α-hetero) is 1. The van der Waals surface area contributed by atoms with E-state index in [1.807, 2.05) is 0 Å². The van der Waals surface area contributed by atoms with Gasteiger partial charge in [0.2, 0.25) is 0 Å². The Morgan fingerprint density at radius 3 is 2.06 bits per heavy atom. The summed E-state index contributed by atoms with van der Waals surface area (Å²) in [5.74, 6) is -1.26. The molecule has 1 aliphatic heterocycles. The predicted octanol–water partition coefficient (Wildman–Crippen LogP) is 4.48. The van der Waals surface area contributed by atoms with E-state index in [2.05, 4.69) is 0 Å². The first kappa shape index (κ1) is 22.8. The molecule has 3 aromatic carbocycles. The average molecular weight is 463 g/mol. The molecule has 174 valence electrons. The molecule has 0 aliphatic carbocycles. The van der Waals surface area contributed by atoms with Crippen molar-refractivity contribution in [1.82, 2.24) is 0 Å². The van der Waals surface area contributed by atoms with Crippen LogP contribution in [0.3, 0.4) is 0 Å². The van der Waals surface area contributed by atoms with E-state index < -0.39 is 29.3 Å². The Kier molecular flexibility index (Phi) is 6.23. The summed E-state index contributed by atoms with van der Waals surface area (Å²) >= 11 is 0. The van der Waals surface area contributed by atoms with Crippen LogP contribution >= 0.6 is 0 Å².